The van der Waals surface area contributed by atoms with E-state index >= 15 is 0 Å². The Hall–Kier alpha value is -1.01. The van der Waals surface area contributed by atoms with Gasteiger partial charge in [0.2, 0.25) is 0 Å². The predicted molar refractivity (Wildman–Crippen MR) is 46.6 cm³/mol. The number of fused-ring (bicyclic) bond motifs is 1. The lowest BCUT2D eigenvalue weighted by molar-refractivity contribution is 0.162. The molecule has 0 heterocycles. The highest BCUT2D eigenvalue weighted by molar-refractivity contribution is 5.24. The molecule has 0 unspecified atom stereocenters. The molecule has 0 bridgehead atoms. The zero-order valence-electron chi connectivity index (χ0n) is 7.86. The van der Waals surface area contributed by atoms with Gasteiger partial charge >= 0.3 is 0 Å². The average molecular weight is 179 g/mol. The van der Waals surface area contributed by atoms with E-state index < -0.39 is 0 Å². The number of rotatable bonds is 2. The second kappa shape index (κ2) is 3.04. The van der Waals surface area contributed by atoms with E-state index in [9.17, 15) is 0 Å². The quantitative estimate of drug-likeness (QED) is 0.642. The second-order valence-corrected chi connectivity index (χ2v) is 3.63. The van der Waals surface area contributed by atoms with E-state index in [1.165, 1.54) is 0 Å². The first-order valence-electron chi connectivity index (χ1n) is 4.50. The summed E-state index contributed by atoms with van der Waals surface area (Å²) >= 11 is 0. The first-order valence-corrected chi connectivity index (χ1v) is 4.50. The number of nitriles is 1. The van der Waals surface area contributed by atoms with Gasteiger partial charge in [-0.2, -0.15) is 5.26 Å². The zero-order valence-corrected chi connectivity index (χ0v) is 7.86. The molecule has 0 N–H and O–H groups in total. The van der Waals surface area contributed by atoms with E-state index in [2.05, 4.69) is 12.1 Å². The number of hydrogen-bond acceptors (Lipinski definition) is 3. The molecular weight excluding hydrogens is 166 g/mol. The van der Waals surface area contributed by atoms with Crippen molar-refractivity contribution < 1.29 is 9.47 Å². The van der Waals surface area contributed by atoms with Crippen LogP contribution in [0.4, 0.5) is 0 Å². The molecule has 4 atom stereocenters. The average Bonchev–Trinajstić information content (AvgIpc) is 2.87. The molecule has 70 valence electrons. The molecule has 3 heteroatoms. The van der Waals surface area contributed by atoms with Crippen molar-refractivity contribution >= 4 is 0 Å². The van der Waals surface area contributed by atoms with Crippen LogP contribution >= 0.6 is 0 Å². The fourth-order valence-corrected chi connectivity index (χ4v) is 2.23. The summed E-state index contributed by atoms with van der Waals surface area (Å²) < 4.78 is 10.5. The maximum Gasteiger partial charge on any atom is 0.109 e. The van der Waals surface area contributed by atoms with E-state index in [1.54, 1.807) is 14.2 Å². The van der Waals surface area contributed by atoms with Crippen LogP contribution in [0.15, 0.2) is 11.8 Å². The number of allylic oxidation sites excluding steroid dienone is 1. The Bertz CT molecular complexity index is 279. The molecule has 1 fully saturated rings. The van der Waals surface area contributed by atoms with Gasteiger partial charge in [-0.3, -0.25) is 0 Å². The number of hydrogen-bond donors (Lipinski definition) is 0. The van der Waals surface area contributed by atoms with Crippen molar-refractivity contribution in [3.63, 3.8) is 0 Å². The van der Waals surface area contributed by atoms with Crippen LogP contribution in [0.2, 0.25) is 0 Å². The maximum atomic E-state index is 8.88. The summed E-state index contributed by atoms with van der Waals surface area (Å²) in [6, 6.07) is 2.26. The van der Waals surface area contributed by atoms with Crippen LogP contribution in [0.5, 0.6) is 0 Å². The molecule has 2 aliphatic carbocycles. The highest BCUT2D eigenvalue weighted by Gasteiger charge is 2.53. The topological polar surface area (TPSA) is 42.2 Å². The molecule has 3 nitrogen and oxygen atoms in total. The van der Waals surface area contributed by atoms with Crippen molar-refractivity contribution in [2.24, 2.45) is 17.8 Å². The van der Waals surface area contributed by atoms with Gasteiger partial charge in [0, 0.05) is 13.0 Å². The second-order valence-electron chi connectivity index (χ2n) is 3.63. The molecule has 0 aliphatic heterocycles. The summed E-state index contributed by atoms with van der Waals surface area (Å²) in [5.74, 6) is 1.80. The van der Waals surface area contributed by atoms with Crippen molar-refractivity contribution in [2.75, 3.05) is 14.2 Å². The van der Waals surface area contributed by atoms with Crippen molar-refractivity contribution in [1.29, 1.82) is 5.26 Å². The van der Waals surface area contributed by atoms with Gasteiger partial charge in [0.05, 0.1) is 19.3 Å². The Balaban J connectivity index is 2.13. The number of methoxy groups -OCH3 is 2. The third-order valence-electron chi connectivity index (χ3n) is 3.03. The molecule has 0 aromatic rings. The molecular formula is C10H13NO2. The number of nitrogens with zero attached hydrogens (tertiary/aromatic N) is 1. The van der Waals surface area contributed by atoms with Gasteiger partial charge in [0.1, 0.15) is 11.7 Å². The monoisotopic (exact) mass is 179 g/mol. The first kappa shape index (κ1) is 8.58. The highest BCUT2D eigenvalue weighted by Crippen LogP contribution is 2.51. The first-order chi connectivity index (χ1) is 6.31. The van der Waals surface area contributed by atoms with Crippen molar-refractivity contribution in [3.05, 3.63) is 11.8 Å². The van der Waals surface area contributed by atoms with E-state index in [-0.39, 0.29) is 5.92 Å². The van der Waals surface area contributed by atoms with E-state index in [0.29, 0.717) is 17.9 Å². The molecule has 0 aromatic heterocycles. The Labute approximate surface area is 77.9 Å². The van der Waals surface area contributed by atoms with Crippen molar-refractivity contribution in [3.8, 4) is 6.07 Å². The van der Waals surface area contributed by atoms with Crippen LogP contribution in [-0.2, 0) is 9.47 Å². The summed E-state index contributed by atoms with van der Waals surface area (Å²) in [6.45, 7) is 0. The fourth-order valence-electron chi connectivity index (χ4n) is 2.23. The third-order valence-corrected chi connectivity index (χ3v) is 3.03. The lowest BCUT2D eigenvalue weighted by Gasteiger charge is -2.15. The van der Waals surface area contributed by atoms with Crippen molar-refractivity contribution in [2.45, 2.75) is 12.5 Å². The van der Waals surface area contributed by atoms with Crippen LogP contribution < -0.4 is 0 Å². The SMILES string of the molecule is COC1=C[C@@H]2[C@H](C[C@@H]1C#N)[C@@H]2OC. The molecule has 0 amide bonds. The minimum absolute atomic E-state index is 0.0635. The van der Waals surface area contributed by atoms with Crippen LogP contribution in [-0.4, -0.2) is 20.3 Å². The van der Waals surface area contributed by atoms with Gasteiger partial charge in [0.15, 0.2) is 0 Å². The third kappa shape index (κ3) is 1.22. The smallest absolute Gasteiger partial charge is 0.109 e. The Morgan fingerprint density at radius 1 is 1.54 bits per heavy atom. The lowest BCUT2D eigenvalue weighted by atomic mass is 9.95. The van der Waals surface area contributed by atoms with Crippen LogP contribution in [0.1, 0.15) is 6.42 Å². The minimum Gasteiger partial charge on any atom is -0.500 e. The van der Waals surface area contributed by atoms with Crippen LogP contribution in [0, 0.1) is 29.1 Å². The molecule has 0 radical (unpaired) electrons. The minimum atomic E-state index is -0.0635. The normalized spacial score (nSPS) is 41.5. The Morgan fingerprint density at radius 2 is 2.31 bits per heavy atom. The van der Waals surface area contributed by atoms with Gasteiger partial charge in [-0.25, -0.2) is 0 Å². The summed E-state index contributed by atoms with van der Waals surface area (Å²) in [7, 11) is 3.35. The largest absolute Gasteiger partial charge is 0.500 e. The molecule has 0 spiro atoms. The number of ether oxygens (including phenoxy) is 2. The van der Waals surface area contributed by atoms with Gasteiger partial charge in [0.25, 0.3) is 0 Å². The maximum absolute atomic E-state index is 8.88. The molecule has 1 saturated carbocycles. The van der Waals surface area contributed by atoms with Gasteiger partial charge in [-0.1, -0.05) is 0 Å². The van der Waals surface area contributed by atoms with Crippen LogP contribution in [0.25, 0.3) is 0 Å². The van der Waals surface area contributed by atoms with E-state index in [4.69, 9.17) is 14.7 Å². The molecule has 2 rings (SSSR count). The predicted octanol–water partition coefficient (Wildman–Crippen LogP) is 1.32. The summed E-state index contributed by atoms with van der Waals surface area (Å²) in [4.78, 5) is 0. The van der Waals surface area contributed by atoms with Crippen molar-refractivity contribution in [1.82, 2.24) is 0 Å². The molecule has 13 heavy (non-hydrogen) atoms. The molecule has 0 aromatic carbocycles. The zero-order chi connectivity index (χ0) is 9.42. The Morgan fingerprint density at radius 3 is 2.85 bits per heavy atom. The van der Waals surface area contributed by atoms with E-state index in [1.807, 2.05) is 0 Å². The molecule has 0 saturated heterocycles. The summed E-state index contributed by atoms with van der Waals surface area (Å²) in [5, 5.41) is 8.88. The van der Waals surface area contributed by atoms with Gasteiger partial charge in [-0.05, 0) is 18.4 Å². The highest BCUT2D eigenvalue weighted by atomic mass is 16.5. The van der Waals surface area contributed by atoms with Crippen LogP contribution in [0.3, 0.4) is 0 Å². The standard InChI is InChI=1S/C10H13NO2/c1-12-9-4-8-7(10(8)13-2)3-6(9)5-11/h4,6-8,10H,3H2,1-2H3/t6-,7+,8-,10+/m1/s1. The van der Waals surface area contributed by atoms with Gasteiger partial charge in [-0.15, -0.1) is 0 Å². The molecule has 2 aliphatic rings. The Kier molecular flexibility index (Phi) is 2.01. The fraction of sp³-hybridized carbons (Fsp3) is 0.700. The van der Waals surface area contributed by atoms with Gasteiger partial charge < -0.3 is 9.47 Å². The summed E-state index contributed by atoms with van der Waals surface area (Å²) in [6.07, 6.45) is 3.26. The lowest BCUT2D eigenvalue weighted by Crippen LogP contribution is -2.09. The van der Waals surface area contributed by atoms with E-state index in [0.717, 1.165) is 12.2 Å². The summed E-state index contributed by atoms with van der Waals surface area (Å²) in [5.41, 5.74) is 0.